The van der Waals surface area contributed by atoms with Gasteiger partial charge in [-0.25, -0.2) is 4.39 Å². The summed E-state index contributed by atoms with van der Waals surface area (Å²) in [4.78, 5) is 12.7. The molecule has 0 atom stereocenters. The molecule has 0 spiro atoms. The lowest BCUT2D eigenvalue weighted by atomic mass is 10.2. The van der Waals surface area contributed by atoms with E-state index in [1.54, 1.807) is 0 Å². The molecule has 1 N–H and O–H groups in total. The Bertz CT molecular complexity index is 460. The number of nitro benzene ring substituents is 1. The predicted molar refractivity (Wildman–Crippen MR) is 76.5 cm³/mol. The lowest BCUT2D eigenvalue weighted by Crippen LogP contribution is -2.30. The van der Waals surface area contributed by atoms with Gasteiger partial charge in [0, 0.05) is 25.2 Å². The zero-order valence-electron chi connectivity index (χ0n) is 11.5. The van der Waals surface area contributed by atoms with E-state index in [1.807, 2.05) is 0 Å². The van der Waals surface area contributed by atoms with E-state index in [0.717, 1.165) is 25.7 Å². The average Bonchev–Trinajstić information content (AvgIpc) is 2.67. The van der Waals surface area contributed by atoms with Crippen LogP contribution in [0.15, 0.2) is 18.2 Å². The monoisotopic (exact) mass is 281 g/mol. The second kappa shape index (κ2) is 7.19. The van der Waals surface area contributed by atoms with Gasteiger partial charge in [-0.1, -0.05) is 12.8 Å². The Morgan fingerprint density at radius 1 is 1.25 bits per heavy atom. The third kappa shape index (κ3) is 4.16. The molecule has 1 saturated heterocycles. The van der Waals surface area contributed by atoms with Crippen LogP contribution in [0.3, 0.4) is 0 Å². The van der Waals surface area contributed by atoms with Crippen molar-refractivity contribution in [2.75, 3.05) is 31.5 Å². The summed E-state index contributed by atoms with van der Waals surface area (Å²) in [5.41, 5.74) is 0.173. The number of anilines is 1. The topological polar surface area (TPSA) is 58.4 Å². The van der Waals surface area contributed by atoms with Crippen LogP contribution in [-0.4, -0.2) is 36.0 Å². The second-order valence-electron chi connectivity index (χ2n) is 5.10. The smallest absolute Gasteiger partial charge is 0.292 e. The molecule has 2 rings (SSSR count). The quantitative estimate of drug-likeness (QED) is 0.665. The van der Waals surface area contributed by atoms with E-state index in [0.29, 0.717) is 6.54 Å². The number of nitrogens with one attached hydrogen (secondary N) is 1. The van der Waals surface area contributed by atoms with Crippen LogP contribution < -0.4 is 5.32 Å². The highest BCUT2D eigenvalue weighted by Crippen LogP contribution is 2.24. The first kappa shape index (κ1) is 14.7. The molecule has 1 aliphatic rings. The van der Waals surface area contributed by atoms with Gasteiger partial charge in [-0.3, -0.25) is 10.1 Å². The lowest BCUT2D eigenvalue weighted by molar-refractivity contribution is -0.384. The number of rotatable bonds is 5. The van der Waals surface area contributed by atoms with Gasteiger partial charge in [-0.05, 0) is 32.0 Å². The summed E-state index contributed by atoms with van der Waals surface area (Å²) in [7, 11) is 0. The van der Waals surface area contributed by atoms with Crippen molar-refractivity contribution in [3.8, 4) is 0 Å². The highest BCUT2D eigenvalue weighted by molar-refractivity contribution is 5.61. The van der Waals surface area contributed by atoms with Crippen LogP contribution in [0.1, 0.15) is 25.7 Å². The highest BCUT2D eigenvalue weighted by Gasteiger charge is 2.14. The van der Waals surface area contributed by atoms with E-state index in [2.05, 4.69) is 10.2 Å². The van der Waals surface area contributed by atoms with Crippen LogP contribution in [0.5, 0.6) is 0 Å². The van der Waals surface area contributed by atoms with Crippen LogP contribution in [0.25, 0.3) is 0 Å². The fraction of sp³-hybridized carbons (Fsp3) is 0.571. The summed E-state index contributed by atoms with van der Waals surface area (Å²) >= 11 is 0. The zero-order chi connectivity index (χ0) is 14.4. The van der Waals surface area contributed by atoms with E-state index in [4.69, 9.17) is 0 Å². The first-order valence-corrected chi connectivity index (χ1v) is 7.07. The Balaban J connectivity index is 1.89. The van der Waals surface area contributed by atoms with E-state index in [9.17, 15) is 14.5 Å². The van der Waals surface area contributed by atoms with Crippen molar-refractivity contribution in [2.24, 2.45) is 0 Å². The van der Waals surface area contributed by atoms with Gasteiger partial charge in [0.2, 0.25) is 0 Å². The van der Waals surface area contributed by atoms with Gasteiger partial charge in [0.15, 0.2) is 0 Å². The molecule has 1 aromatic rings. The van der Waals surface area contributed by atoms with Crippen molar-refractivity contribution in [1.29, 1.82) is 0 Å². The Hall–Kier alpha value is -1.69. The van der Waals surface area contributed by atoms with Crippen molar-refractivity contribution in [3.05, 3.63) is 34.1 Å². The van der Waals surface area contributed by atoms with Gasteiger partial charge >= 0.3 is 0 Å². The van der Waals surface area contributed by atoms with E-state index >= 15 is 0 Å². The summed E-state index contributed by atoms with van der Waals surface area (Å²) in [5.74, 6) is -0.465. The van der Waals surface area contributed by atoms with Crippen LogP contribution in [0, 0.1) is 15.9 Å². The molecule has 0 saturated carbocycles. The minimum atomic E-state index is -0.492. The van der Waals surface area contributed by atoms with E-state index < -0.39 is 10.7 Å². The van der Waals surface area contributed by atoms with Crippen molar-refractivity contribution in [3.63, 3.8) is 0 Å². The molecule has 1 fully saturated rings. The largest absolute Gasteiger partial charge is 0.378 e. The Morgan fingerprint density at radius 2 is 1.95 bits per heavy atom. The molecule has 6 heteroatoms. The summed E-state index contributed by atoms with van der Waals surface area (Å²) in [6.07, 6.45) is 4.97. The van der Waals surface area contributed by atoms with Crippen molar-refractivity contribution in [2.45, 2.75) is 25.7 Å². The van der Waals surface area contributed by atoms with Crippen molar-refractivity contribution in [1.82, 2.24) is 4.90 Å². The number of benzene rings is 1. The fourth-order valence-electron chi connectivity index (χ4n) is 2.52. The number of hydrogen-bond donors (Lipinski definition) is 1. The predicted octanol–water partition coefficient (Wildman–Crippen LogP) is 3.02. The minimum absolute atomic E-state index is 0.0812. The molecular weight excluding hydrogens is 261 g/mol. The molecule has 5 nitrogen and oxygen atoms in total. The fourth-order valence-corrected chi connectivity index (χ4v) is 2.52. The van der Waals surface area contributed by atoms with Crippen molar-refractivity contribution >= 4 is 11.4 Å². The molecule has 20 heavy (non-hydrogen) atoms. The molecule has 0 aliphatic carbocycles. The molecule has 0 aromatic heterocycles. The molecular formula is C14H20FN3O2. The SMILES string of the molecule is O=[N+]([O-])c1ccc(F)cc1NCCN1CCCCCC1. The third-order valence-corrected chi connectivity index (χ3v) is 3.60. The molecule has 1 aliphatic heterocycles. The Kier molecular flexibility index (Phi) is 5.29. The summed E-state index contributed by atoms with van der Waals surface area (Å²) in [6, 6.07) is 3.49. The molecule has 0 bridgehead atoms. The van der Waals surface area contributed by atoms with Crippen LogP contribution in [0.2, 0.25) is 0 Å². The molecule has 0 unspecified atom stereocenters. The first-order valence-electron chi connectivity index (χ1n) is 7.07. The van der Waals surface area contributed by atoms with Crippen LogP contribution in [0.4, 0.5) is 15.8 Å². The van der Waals surface area contributed by atoms with E-state index in [1.165, 1.54) is 37.8 Å². The van der Waals surface area contributed by atoms with Gasteiger partial charge in [0.05, 0.1) is 4.92 Å². The van der Waals surface area contributed by atoms with Gasteiger partial charge in [0.25, 0.3) is 5.69 Å². The third-order valence-electron chi connectivity index (χ3n) is 3.60. The number of hydrogen-bond acceptors (Lipinski definition) is 4. The standard InChI is InChI=1S/C14H20FN3O2/c15-12-5-6-14(18(19)20)13(11-12)16-7-10-17-8-3-1-2-4-9-17/h5-6,11,16H,1-4,7-10H2. The number of likely N-dealkylation sites (tertiary alicyclic amines) is 1. The maximum absolute atomic E-state index is 13.2. The number of nitrogens with zero attached hydrogens (tertiary/aromatic N) is 2. The average molecular weight is 281 g/mol. The summed E-state index contributed by atoms with van der Waals surface area (Å²) in [5, 5.41) is 13.9. The highest BCUT2D eigenvalue weighted by atomic mass is 19.1. The van der Waals surface area contributed by atoms with Crippen LogP contribution >= 0.6 is 0 Å². The molecule has 110 valence electrons. The van der Waals surface area contributed by atoms with Gasteiger partial charge in [0.1, 0.15) is 11.5 Å². The minimum Gasteiger partial charge on any atom is -0.378 e. The lowest BCUT2D eigenvalue weighted by Gasteiger charge is -2.20. The number of halogens is 1. The van der Waals surface area contributed by atoms with Gasteiger partial charge in [-0.2, -0.15) is 0 Å². The molecule has 1 aromatic carbocycles. The van der Waals surface area contributed by atoms with Crippen molar-refractivity contribution < 1.29 is 9.31 Å². The Morgan fingerprint density at radius 3 is 2.60 bits per heavy atom. The molecule has 0 radical (unpaired) electrons. The summed E-state index contributed by atoms with van der Waals surface area (Å²) in [6.45, 7) is 3.57. The molecule has 1 heterocycles. The summed E-state index contributed by atoms with van der Waals surface area (Å²) < 4.78 is 13.2. The zero-order valence-corrected chi connectivity index (χ0v) is 11.5. The maximum Gasteiger partial charge on any atom is 0.292 e. The first-order chi connectivity index (χ1) is 9.66. The van der Waals surface area contributed by atoms with Gasteiger partial charge < -0.3 is 10.2 Å². The Labute approximate surface area is 117 Å². The number of nitro groups is 1. The van der Waals surface area contributed by atoms with Gasteiger partial charge in [-0.15, -0.1) is 0 Å². The maximum atomic E-state index is 13.2. The molecule has 0 amide bonds. The van der Waals surface area contributed by atoms with E-state index in [-0.39, 0.29) is 11.4 Å². The second-order valence-corrected chi connectivity index (χ2v) is 5.10. The normalized spacial score (nSPS) is 16.6. The van der Waals surface area contributed by atoms with Crippen LogP contribution in [-0.2, 0) is 0 Å².